The van der Waals surface area contributed by atoms with Crippen molar-refractivity contribution in [3.05, 3.63) is 59.7 Å². The zero-order valence-electron chi connectivity index (χ0n) is 11.8. The summed E-state index contributed by atoms with van der Waals surface area (Å²) in [4.78, 5) is 4.18. The van der Waals surface area contributed by atoms with E-state index in [-0.39, 0.29) is 0 Å². The molecule has 2 aromatic rings. The smallest absolute Gasteiger partial charge is 0.411 e. The molecule has 0 bridgehead atoms. The van der Waals surface area contributed by atoms with Gasteiger partial charge in [-0.3, -0.25) is 0 Å². The Balaban J connectivity index is 2.97. The van der Waals surface area contributed by atoms with Crippen LogP contribution in [-0.4, -0.2) is 17.5 Å². The maximum Gasteiger partial charge on any atom is 0.411 e. The van der Waals surface area contributed by atoms with Crippen LogP contribution in [0.15, 0.2) is 48.5 Å². The first-order chi connectivity index (χ1) is 11.1. The van der Waals surface area contributed by atoms with Crippen LogP contribution in [0.1, 0.15) is 11.1 Å². The Morgan fingerprint density at radius 2 is 1.38 bits per heavy atom. The van der Waals surface area contributed by atoms with Crippen molar-refractivity contribution in [1.82, 2.24) is 0 Å². The molecule has 24 heavy (non-hydrogen) atoms. The van der Waals surface area contributed by atoms with Gasteiger partial charge in [0.15, 0.2) is 5.75 Å². The first-order valence-corrected chi connectivity index (χ1v) is 6.45. The van der Waals surface area contributed by atoms with Crippen LogP contribution in [0.4, 0.5) is 26.3 Å². The van der Waals surface area contributed by atoms with Gasteiger partial charge in [-0.25, -0.2) is 0 Å². The quantitative estimate of drug-likeness (QED) is 0.648. The van der Waals surface area contributed by atoms with Crippen LogP contribution in [0.3, 0.4) is 0 Å². The molecule has 9 heteroatoms. The van der Waals surface area contributed by atoms with Gasteiger partial charge in [0.25, 0.3) is 0 Å². The zero-order chi connectivity index (χ0) is 18.2. The molecule has 0 heterocycles. The Hall–Kier alpha value is -2.42. The van der Waals surface area contributed by atoms with Gasteiger partial charge in [0, 0.05) is 11.6 Å². The van der Waals surface area contributed by atoms with Crippen molar-refractivity contribution in [3.63, 3.8) is 0 Å². The molecule has 0 fully saturated rings. The van der Waals surface area contributed by atoms with Crippen LogP contribution in [0.25, 0.3) is 0 Å². The van der Waals surface area contributed by atoms with Gasteiger partial charge in [0.1, 0.15) is 5.75 Å². The minimum Gasteiger partial charge on any atom is -0.508 e. The summed E-state index contributed by atoms with van der Waals surface area (Å²) in [5.74, 6) is 3.31. The van der Waals surface area contributed by atoms with E-state index in [0.717, 1.165) is 12.1 Å². The number of nitrogens with two attached hydrogens (primary N) is 1. The van der Waals surface area contributed by atoms with Gasteiger partial charge in [-0.15, -0.1) is 0 Å². The van der Waals surface area contributed by atoms with E-state index in [9.17, 15) is 31.4 Å². The van der Waals surface area contributed by atoms with Gasteiger partial charge in [0.05, 0.1) is 0 Å². The number of hydrogen-bond donors (Lipinski definition) is 2. The zero-order valence-corrected chi connectivity index (χ0v) is 11.8. The van der Waals surface area contributed by atoms with Crippen LogP contribution in [0.5, 0.6) is 11.5 Å². The summed E-state index contributed by atoms with van der Waals surface area (Å²) < 4.78 is 82.7. The van der Waals surface area contributed by atoms with Gasteiger partial charge in [-0.05, 0) is 17.7 Å². The number of halogens is 6. The number of benzene rings is 2. The molecule has 0 radical (unpaired) electrons. The van der Waals surface area contributed by atoms with Crippen LogP contribution in [0.2, 0.25) is 0 Å². The first-order valence-electron chi connectivity index (χ1n) is 6.45. The van der Waals surface area contributed by atoms with Crippen LogP contribution in [-0.2, 0) is 5.41 Å². The molecule has 2 aromatic carbocycles. The predicted molar refractivity (Wildman–Crippen MR) is 72.3 cm³/mol. The van der Waals surface area contributed by atoms with Crippen LogP contribution in [0, 0.1) is 0 Å². The second kappa shape index (κ2) is 5.90. The lowest BCUT2D eigenvalue weighted by Gasteiger charge is -2.38. The van der Waals surface area contributed by atoms with Crippen molar-refractivity contribution >= 4 is 0 Å². The maximum atomic E-state index is 13.8. The van der Waals surface area contributed by atoms with Gasteiger partial charge in [0.2, 0.25) is 5.41 Å². The van der Waals surface area contributed by atoms with E-state index in [1.54, 1.807) is 0 Å². The highest BCUT2D eigenvalue weighted by Gasteiger charge is 2.73. The lowest BCUT2D eigenvalue weighted by atomic mass is 9.72. The normalized spacial score (nSPS) is 13.0. The van der Waals surface area contributed by atoms with Gasteiger partial charge >= 0.3 is 12.4 Å². The van der Waals surface area contributed by atoms with E-state index in [0.29, 0.717) is 30.3 Å². The van der Waals surface area contributed by atoms with Crippen LogP contribution < -0.4 is 10.7 Å². The molecule has 2 rings (SSSR count). The lowest BCUT2D eigenvalue weighted by Crippen LogP contribution is -2.55. The molecule has 0 aliphatic rings. The summed E-state index contributed by atoms with van der Waals surface area (Å²) in [5.41, 5.74) is -6.69. The van der Waals surface area contributed by atoms with Crippen molar-refractivity contribution in [1.29, 1.82) is 0 Å². The Morgan fingerprint density at radius 1 is 0.833 bits per heavy atom. The van der Waals surface area contributed by atoms with E-state index < -0.39 is 40.4 Å². The molecule has 0 aliphatic heterocycles. The summed E-state index contributed by atoms with van der Waals surface area (Å²) in [6.45, 7) is 0. The monoisotopic (exact) mass is 351 g/mol. The first kappa shape index (κ1) is 17.9. The fourth-order valence-electron chi connectivity index (χ4n) is 2.56. The molecule has 130 valence electrons. The molecule has 3 N–H and O–H groups in total. The Bertz CT molecular complexity index is 698. The predicted octanol–water partition coefficient (Wildman–Crippen LogP) is 4.06. The molecule has 0 aliphatic carbocycles. The molecular formula is C15H11F6NO2. The molecule has 0 amide bonds. The number of phenols is 1. The maximum absolute atomic E-state index is 13.8. The summed E-state index contributed by atoms with van der Waals surface area (Å²) in [5, 5.41) is 9.31. The second-order valence-electron chi connectivity index (χ2n) is 4.91. The minimum atomic E-state index is -5.75. The molecule has 0 unspecified atom stereocenters. The number of alkyl halides is 6. The van der Waals surface area contributed by atoms with E-state index in [1.807, 2.05) is 0 Å². The lowest BCUT2D eigenvalue weighted by molar-refractivity contribution is -0.289. The molecular weight excluding hydrogens is 340 g/mol. The van der Waals surface area contributed by atoms with Crippen molar-refractivity contribution in [2.24, 2.45) is 5.90 Å². The standard InChI is InChI=1S/C15H11F6NO2/c16-14(17,18)13(15(19,20)21,9-4-2-1-3-5-9)11-7-6-10(23)8-12(11)24-22/h1-8,23H,22H2. The number of rotatable bonds is 3. The highest BCUT2D eigenvalue weighted by Crippen LogP contribution is 2.58. The molecule has 0 atom stereocenters. The molecule has 0 saturated carbocycles. The largest absolute Gasteiger partial charge is 0.508 e. The van der Waals surface area contributed by atoms with Gasteiger partial charge in [-0.2, -0.15) is 32.2 Å². The van der Waals surface area contributed by atoms with Crippen molar-refractivity contribution in [3.8, 4) is 11.5 Å². The third-order valence-electron chi connectivity index (χ3n) is 3.55. The molecule has 0 aromatic heterocycles. The Morgan fingerprint density at radius 3 is 1.83 bits per heavy atom. The summed E-state index contributed by atoms with van der Waals surface area (Å²) in [7, 11) is 0. The van der Waals surface area contributed by atoms with Crippen molar-refractivity contribution < 1.29 is 36.3 Å². The second-order valence-corrected chi connectivity index (χ2v) is 4.91. The number of aromatic hydroxyl groups is 1. The van der Waals surface area contributed by atoms with Crippen molar-refractivity contribution in [2.45, 2.75) is 17.8 Å². The summed E-state index contributed by atoms with van der Waals surface area (Å²) in [6.07, 6.45) is -11.5. The van der Waals surface area contributed by atoms with Gasteiger partial charge in [-0.1, -0.05) is 30.3 Å². The van der Waals surface area contributed by atoms with E-state index >= 15 is 0 Å². The minimum absolute atomic E-state index is 0.492. The summed E-state index contributed by atoms with van der Waals surface area (Å²) >= 11 is 0. The topological polar surface area (TPSA) is 55.5 Å². The number of phenolic OH excluding ortho intramolecular Hbond substituents is 1. The van der Waals surface area contributed by atoms with Crippen LogP contribution >= 0.6 is 0 Å². The van der Waals surface area contributed by atoms with E-state index in [4.69, 9.17) is 5.90 Å². The highest BCUT2D eigenvalue weighted by molar-refractivity contribution is 5.52. The third-order valence-corrected chi connectivity index (χ3v) is 3.55. The molecule has 3 nitrogen and oxygen atoms in total. The molecule has 0 saturated heterocycles. The highest BCUT2D eigenvalue weighted by atomic mass is 19.4. The van der Waals surface area contributed by atoms with Crippen molar-refractivity contribution in [2.75, 3.05) is 0 Å². The third kappa shape index (κ3) is 2.64. The average molecular weight is 351 g/mol. The van der Waals surface area contributed by atoms with Gasteiger partial charge < -0.3 is 9.94 Å². The molecule has 0 spiro atoms. The number of hydrogen-bond acceptors (Lipinski definition) is 3. The average Bonchev–Trinajstić information content (AvgIpc) is 2.47. The van der Waals surface area contributed by atoms with E-state index in [1.165, 1.54) is 6.07 Å². The fraction of sp³-hybridized carbons (Fsp3) is 0.200. The van der Waals surface area contributed by atoms with E-state index in [2.05, 4.69) is 4.84 Å². The SMILES string of the molecule is NOc1cc(O)ccc1C(c1ccccc1)(C(F)(F)F)C(F)(F)F. The Labute approximate surface area is 132 Å². The fourth-order valence-corrected chi connectivity index (χ4v) is 2.56. The summed E-state index contributed by atoms with van der Waals surface area (Å²) in [6, 6.07) is 6.62. The Kier molecular flexibility index (Phi) is 4.40.